The summed E-state index contributed by atoms with van der Waals surface area (Å²) >= 11 is 1.46. The van der Waals surface area contributed by atoms with Crippen LogP contribution in [-0.4, -0.2) is 44.6 Å². The van der Waals surface area contributed by atoms with E-state index in [0.717, 1.165) is 36.9 Å². The van der Waals surface area contributed by atoms with Gasteiger partial charge in [0.15, 0.2) is 5.16 Å². The molecule has 1 amide bonds. The summed E-state index contributed by atoms with van der Waals surface area (Å²) in [7, 11) is 0. The molecule has 6 nitrogen and oxygen atoms in total. The number of carbonyl (C=O) groups excluding carboxylic acids is 1. The molecule has 1 atom stereocenters. The van der Waals surface area contributed by atoms with Crippen LogP contribution >= 0.6 is 11.8 Å². The van der Waals surface area contributed by atoms with Crippen LogP contribution in [0.3, 0.4) is 0 Å². The van der Waals surface area contributed by atoms with Crippen LogP contribution in [0.15, 0.2) is 17.8 Å². The summed E-state index contributed by atoms with van der Waals surface area (Å²) in [5.41, 5.74) is -0.235. The smallest absolute Gasteiger partial charge is 0.233 e. The fourth-order valence-corrected chi connectivity index (χ4v) is 3.62. The summed E-state index contributed by atoms with van der Waals surface area (Å²) in [5.74, 6) is 1.46. The van der Waals surface area contributed by atoms with Crippen molar-refractivity contribution in [2.75, 3.05) is 13.1 Å². The Balaban J connectivity index is 2.13. The van der Waals surface area contributed by atoms with Crippen LogP contribution in [0.5, 0.6) is 0 Å². The first kappa shape index (κ1) is 19.0. The summed E-state index contributed by atoms with van der Waals surface area (Å²) in [6, 6.07) is 0. The molecule has 0 aromatic carbocycles. The molecule has 2 N–H and O–H groups in total. The van der Waals surface area contributed by atoms with Crippen molar-refractivity contribution in [3.8, 4) is 0 Å². The Morgan fingerprint density at radius 2 is 2.12 bits per heavy atom. The summed E-state index contributed by atoms with van der Waals surface area (Å²) in [6.07, 6.45) is 4.00. The van der Waals surface area contributed by atoms with Crippen molar-refractivity contribution in [1.82, 2.24) is 25.4 Å². The molecule has 0 unspecified atom stereocenters. The number of nitrogens with one attached hydrogen (secondary N) is 2. The number of hydrogen-bond acceptors (Lipinski definition) is 5. The van der Waals surface area contributed by atoms with E-state index in [0.29, 0.717) is 12.5 Å². The number of allylic oxidation sites excluding steroid dienone is 1. The molecular formula is C17H29N5OS. The summed E-state index contributed by atoms with van der Waals surface area (Å²) in [5, 5.41) is 15.7. The summed E-state index contributed by atoms with van der Waals surface area (Å²) in [4.78, 5) is 12.3. The first-order valence-electron chi connectivity index (χ1n) is 8.55. The third-order valence-electron chi connectivity index (χ3n) is 3.91. The SMILES string of the molecule is C=CCn1c(S[C@H](C)C(=O)NC(C)(C)C)nnc1C1CCNCC1. The van der Waals surface area contributed by atoms with E-state index in [1.807, 2.05) is 33.8 Å². The minimum absolute atomic E-state index is 0.0177. The Labute approximate surface area is 148 Å². The number of amides is 1. The molecule has 1 fully saturated rings. The average Bonchev–Trinajstić information content (AvgIpc) is 2.90. The molecule has 0 radical (unpaired) electrons. The molecular weight excluding hydrogens is 322 g/mol. The summed E-state index contributed by atoms with van der Waals surface area (Å²) in [6.45, 7) is 14.4. The second-order valence-electron chi connectivity index (χ2n) is 7.26. The molecule has 0 aliphatic carbocycles. The lowest BCUT2D eigenvalue weighted by Gasteiger charge is -2.24. The van der Waals surface area contributed by atoms with E-state index >= 15 is 0 Å². The molecule has 0 saturated carbocycles. The molecule has 2 rings (SSSR count). The minimum atomic E-state index is -0.235. The number of hydrogen-bond donors (Lipinski definition) is 2. The van der Waals surface area contributed by atoms with Gasteiger partial charge in [0.05, 0.1) is 5.25 Å². The lowest BCUT2D eigenvalue weighted by Crippen LogP contribution is -2.44. The number of piperidine rings is 1. The second kappa shape index (κ2) is 8.16. The van der Waals surface area contributed by atoms with Gasteiger partial charge in [-0.05, 0) is 53.6 Å². The largest absolute Gasteiger partial charge is 0.351 e. The Kier molecular flexibility index (Phi) is 6.46. The number of nitrogens with zero attached hydrogens (tertiary/aromatic N) is 3. The highest BCUT2D eigenvalue weighted by atomic mass is 32.2. The van der Waals surface area contributed by atoms with Gasteiger partial charge >= 0.3 is 0 Å². The van der Waals surface area contributed by atoms with Crippen LogP contribution in [0.2, 0.25) is 0 Å². The van der Waals surface area contributed by atoms with E-state index in [-0.39, 0.29) is 16.7 Å². The van der Waals surface area contributed by atoms with Gasteiger partial charge in [-0.3, -0.25) is 4.79 Å². The predicted molar refractivity (Wildman–Crippen MR) is 98.3 cm³/mol. The highest BCUT2D eigenvalue weighted by Gasteiger charge is 2.26. The zero-order valence-corrected chi connectivity index (χ0v) is 15.9. The maximum absolute atomic E-state index is 12.3. The van der Waals surface area contributed by atoms with Gasteiger partial charge in [0.25, 0.3) is 0 Å². The third kappa shape index (κ3) is 5.08. The molecule has 1 aliphatic rings. The molecule has 1 aromatic heterocycles. The van der Waals surface area contributed by atoms with E-state index in [4.69, 9.17) is 0 Å². The number of thioether (sulfide) groups is 1. The van der Waals surface area contributed by atoms with Gasteiger partial charge in [-0.2, -0.15) is 0 Å². The van der Waals surface area contributed by atoms with E-state index in [1.54, 1.807) is 0 Å². The predicted octanol–water partition coefficient (Wildman–Crippen LogP) is 2.33. The number of aromatic nitrogens is 3. The van der Waals surface area contributed by atoms with Gasteiger partial charge in [-0.25, -0.2) is 0 Å². The van der Waals surface area contributed by atoms with Crippen molar-refractivity contribution in [3.05, 3.63) is 18.5 Å². The maximum atomic E-state index is 12.3. The van der Waals surface area contributed by atoms with Gasteiger partial charge in [0.1, 0.15) is 5.82 Å². The quantitative estimate of drug-likeness (QED) is 0.608. The highest BCUT2D eigenvalue weighted by molar-refractivity contribution is 8.00. The van der Waals surface area contributed by atoms with Crippen LogP contribution in [-0.2, 0) is 11.3 Å². The van der Waals surface area contributed by atoms with Crippen molar-refractivity contribution in [2.24, 2.45) is 0 Å². The van der Waals surface area contributed by atoms with Crippen LogP contribution in [0, 0.1) is 0 Å². The van der Waals surface area contributed by atoms with Crippen LogP contribution in [0.1, 0.15) is 52.3 Å². The van der Waals surface area contributed by atoms with Crippen LogP contribution < -0.4 is 10.6 Å². The molecule has 2 heterocycles. The van der Waals surface area contributed by atoms with Crippen LogP contribution in [0.25, 0.3) is 0 Å². The van der Waals surface area contributed by atoms with Crippen LogP contribution in [0.4, 0.5) is 0 Å². The van der Waals surface area contributed by atoms with Crippen molar-refractivity contribution < 1.29 is 4.79 Å². The van der Waals surface area contributed by atoms with E-state index in [9.17, 15) is 4.79 Å². The first-order valence-corrected chi connectivity index (χ1v) is 9.43. The average molecular weight is 352 g/mol. The molecule has 1 aliphatic heterocycles. The molecule has 24 heavy (non-hydrogen) atoms. The maximum Gasteiger partial charge on any atom is 0.233 e. The van der Waals surface area contributed by atoms with Crippen molar-refractivity contribution in [1.29, 1.82) is 0 Å². The number of carbonyl (C=O) groups is 1. The van der Waals surface area contributed by atoms with Gasteiger partial charge < -0.3 is 15.2 Å². The van der Waals surface area contributed by atoms with E-state index in [2.05, 4.69) is 32.0 Å². The fourth-order valence-electron chi connectivity index (χ4n) is 2.75. The Morgan fingerprint density at radius 3 is 2.71 bits per heavy atom. The molecule has 7 heteroatoms. The minimum Gasteiger partial charge on any atom is -0.351 e. The topological polar surface area (TPSA) is 71.8 Å². The lowest BCUT2D eigenvalue weighted by atomic mass is 9.97. The van der Waals surface area contributed by atoms with Gasteiger partial charge in [-0.1, -0.05) is 17.8 Å². The van der Waals surface area contributed by atoms with Crippen molar-refractivity contribution >= 4 is 17.7 Å². The van der Waals surface area contributed by atoms with Gasteiger partial charge in [-0.15, -0.1) is 16.8 Å². The Hall–Kier alpha value is -1.34. The second-order valence-corrected chi connectivity index (χ2v) is 8.57. The zero-order chi connectivity index (χ0) is 17.7. The summed E-state index contributed by atoms with van der Waals surface area (Å²) < 4.78 is 2.11. The molecule has 1 saturated heterocycles. The van der Waals surface area contributed by atoms with E-state index < -0.39 is 0 Å². The van der Waals surface area contributed by atoms with Crippen molar-refractivity contribution in [2.45, 2.75) is 68.9 Å². The lowest BCUT2D eigenvalue weighted by molar-refractivity contribution is -0.121. The first-order chi connectivity index (χ1) is 11.3. The van der Waals surface area contributed by atoms with Crippen molar-refractivity contribution in [3.63, 3.8) is 0 Å². The molecule has 1 aromatic rings. The van der Waals surface area contributed by atoms with E-state index in [1.165, 1.54) is 11.8 Å². The zero-order valence-electron chi connectivity index (χ0n) is 15.1. The Morgan fingerprint density at radius 1 is 1.46 bits per heavy atom. The molecule has 0 spiro atoms. The number of rotatable bonds is 6. The monoisotopic (exact) mass is 351 g/mol. The molecule has 134 valence electrons. The van der Waals surface area contributed by atoms with Gasteiger partial charge in [0, 0.05) is 18.0 Å². The Bertz CT molecular complexity index is 572. The normalized spacial score (nSPS) is 17.5. The standard InChI is InChI=1S/C17H29N5OS/c1-6-11-22-14(13-7-9-18-10-8-13)20-21-16(22)24-12(2)15(23)19-17(3,4)5/h6,12-13,18H,1,7-11H2,2-5H3,(H,19,23)/t12-/m1/s1. The molecule has 0 bridgehead atoms. The fraction of sp³-hybridized carbons (Fsp3) is 0.706. The highest BCUT2D eigenvalue weighted by Crippen LogP contribution is 2.29. The third-order valence-corrected chi connectivity index (χ3v) is 4.99. The van der Waals surface area contributed by atoms with Gasteiger partial charge in [0.2, 0.25) is 5.91 Å².